The van der Waals surface area contributed by atoms with Gasteiger partial charge in [-0.2, -0.15) is 0 Å². The summed E-state index contributed by atoms with van der Waals surface area (Å²) in [6.45, 7) is 20.4. The summed E-state index contributed by atoms with van der Waals surface area (Å²) in [5.41, 5.74) is 8.84. The lowest BCUT2D eigenvalue weighted by Gasteiger charge is -2.59. The minimum Gasteiger partial charge on any atom is -0.294 e. The van der Waals surface area contributed by atoms with Crippen molar-refractivity contribution in [2.75, 3.05) is 0 Å². The molecule has 0 amide bonds. The molecule has 3 heteroatoms. The van der Waals surface area contributed by atoms with Crippen LogP contribution in [0.2, 0.25) is 0 Å². The highest BCUT2D eigenvalue weighted by Gasteiger charge is 2.63. The van der Waals surface area contributed by atoms with Crippen molar-refractivity contribution < 1.29 is 14.4 Å². The molecule has 204 valence electrons. The molecule has 0 radical (unpaired) electrons. The number of ketones is 3. The van der Waals surface area contributed by atoms with Crippen molar-refractivity contribution in [3.63, 3.8) is 0 Å². The second-order valence-electron chi connectivity index (χ2n) is 13.6. The molecule has 0 aromatic heterocycles. The van der Waals surface area contributed by atoms with Gasteiger partial charge >= 0.3 is 0 Å². The summed E-state index contributed by atoms with van der Waals surface area (Å²) in [4.78, 5) is 41.3. The number of Topliss-reactive ketones (excluding diaryl/α,β-unsaturated/α-hetero) is 3. The van der Waals surface area contributed by atoms with E-state index in [9.17, 15) is 14.4 Å². The molecule has 2 aromatic rings. The van der Waals surface area contributed by atoms with Gasteiger partial charge in [-0.05, 0) is 106 Å². The van der Waals surface area contributed by atoms with Crippen LogP contribution in [0.4, 0.5) is 0 Å². The number of hydrogen-bond acceptors (Lipinski definition) is 3. The van der Waals surface area contributed by atoms with Crippen LogP contribution in [0.5, 0.6) is 0 Å². The van der Waals surface area contributed by atoms with Crippen LogP contribution in [0.25, 0.3) is 11.1 Å². The Hall–Kier alpha value is -3.07. The first-order valence-electron chi connectivity index (χ1n) is 14.3. The molecule has 0 saturated carbocycles. The predicted octanol–water partition coefficient (Wildman–Crippen LogP) is 8.45. The quantitative estimate of drug-likeness (QED) is 0.380. The van der Waals surface area contributed by atoms with Gasteiger partial charge in [-0.15, -0.1) is 0 Å². The average molecular weight is 523 g/mol. The van der Waals surface area contributed by atoms with Gasteiger partial charge in [-0.3, -0.25) is 14.4 Å². The van der Waals surface area contributed by atoms with Crippen LogP contribution in [-0.4, -0.2) is 17.3 Å². The maximum Gasteiger partial charge on any atom is 0.190 e. The molecular formula is C36H42O3. The molecule has 0 N–H and O–H groups in total. The molecule has 0 bridgehead atoms. The van der Waals surface area contributed by atoms with Crippen LogP contribution in [-0.2, 0) is 16.0 Å². The van der Waals surface area contributed by atoms with Crippen LogP contribution in [0.1, 0.15) is 107 Å². The highest BCUT2D eigenvalue weighted by molar-refractivity contribution is 6.24. The number of carbonyl (C=O) groups excluding carboxylic acids is 3. The summed E-state index contributed by atoms with van der Waals surface area (Å²) in [5, 5.41) is 0. The topological polar surface area (TPSA) is 51.2 Å². The van der Waals surface area contributed by atoms with E-state index >= 15 is 0 Å². The number of allylic oxidation sites excluding steroid dienone is 4. The molecule has 3 aliphatic carbocycles. The van der Waals surface area contributed by atoms with E-state index in [-0.39, 0.29) is 22.8 Å². The van der Waals surface area contributed by atoms with Crippen molar-refractivity contribution in [2.24, 2.45) is 16.2 Å². The molecule has 5 rings (SSSR count). The van der Waals surface area contributed by atoms with E-state index in [4.69, 9.17) is 0 Å². The van der Waals surface area contributed by atoms with Gasteiger partial charge in [0.25, 0.3) is 0 Å². The second kappa shape index (κ2) is 8.71. The predicted molar refractivity (Wildman–Crippen MR) is 158 cm³/mol. The Labute approximate surface area is 233 Å². The summed E-state index contributed by atoms with van der Waals surface area (Å²) in [6.07, 6.45) is 2.16. The molecular weight excluding hydrogens is 480 g/mol. The van der Waals surface area contributed by atoms with Crippen molar-refractivity contribution in [1.29, 1.82) is 0 Å². The number of hydrogen-bond donors (Lipinski definition) is 0. The molecule has 0 aliphatic heterocycles. The van der Waals surface area contributed by atoms with Crippen LogP contribution in [0.15, 0.2) is 52.6 Å². The minimum absolute atomic E-state index is 0.0595. The van der Waals surface area contributed by atoms with Crippen LogP contribution in [0.3, 0.4) is 0 Å². The highest BCUT2D eigenvalue weighted by Crippen LogP contribution is 2.66. The van der Waals surface area contributed by atoms with Gasteiger partial charge in [0.2, 0.25) is 0 Å². The van der Waals surface area contributed by atoms with E-state index in [0.717, 1.165) is 62.9 Å². The molecule has 0 saturated heterocycles. The number of rotatable bonds is 3. The molecule has 2 aromatic carbocycles. The number of carbonyl (C=O) groups is 3. The summed E-state index contributed by atoms with van der Waals surface area (Å²) < 4.78 is 0. The third kappa shape index (κ3) is 3.65. The van der Waals surface area contributed by atoms with E-state index in [0.29, 0.717) is 17.9 Å². The van der Waals surface area contributed by atoms with E-state index in [1.54, 1.807) is 0 Å². The zero-order valence-corrected chi connectivity index (χ0v) is 25.3. The van der Waals surface area contributed by atoms with Crippen LogP contribution in [0, 0.1) is 30.1 Å². The zero-order valence-electron chi connectivity index (χ0n) is 25.3. The van der Waals surface area contributed by atoms with Gasteiger partial charge in [0.15, 0.2) is 17.3 Å². The zero-order chi connectivity index (χ0) is 28.8. The fourth-order valence-electron chi connectivity index (χ4n) is 8.42. The van der Waals surface area contributed by atoms with Crippen LogP contribution < -0.4 is 0 Å². The minimum atomic E-state index is -0.886. The van der Waals surface area contributed by atoms with E-state index in [2.05, 4.69) is 71.9 Å². The first-order chi connectivity index (χ1) is 18.1. The van der Waals surface area contributed by atoms with E-state index < -0.39 is 10.8 Å². The lowest BCUT2D eigenvalue weighted by molar-refractivity contribution is -0.134. The summed E-state index contributed by atoms with van der Waals surface area (Å²) in [5.74, 6) is 0.232. The second-order valence-corrected chi connectivity index (χ2v) is 13.6. The van der Waals surface area contributed by atoms with Crippen molar-refractivity contribution in [3.8, 4) is 11.1 Å². The largest absolute Gasteiger partial charge is 0.294 e. The first-order valence-corrected chi connectivity index (χ1v) is 14.3. The summed E-state index contributed by atoms with van der Waals surface area (Å²) in [6, 6.07) is 11.0. The fourth-order valence-corrected chi connectivity index (χ4v) is 8.42. The Kier molecular flexibility index (Phi) is 6.14. The molecule has 0 heterocycles. The highest BCUT2D eigenvalue weighted by atomic mass is 16.2. The molecule has 3 unspecified atom stereocenters. The molecule has 0 fully saturated rings. The third-order valence-corrected chi connectivity index (χ3v) is 10.7. The fraction of sp³-hybridized carbons (Fsp3) is 0.472. The van der Waals surface area contributed by atoms with Gasteiger partial charge in [-0.1, -0.05) is 69.2 Å². The Morgan fingerprint density at radius 3 is 2.10 bits per heavy atom. The van der Waals surface area contributed by atoms with Gasteiger partial charge in [0.05, 0.1) is 11.0 Å². The molecule has 3 nitrogen and oxygen atoms in total. The van der Waals surface area contributed by atoms with E-state index in [1.807, 2.05) is 20.8 Å². The lowest BCUT2D eigenvalue weighted by Crippen LogP contribution is -2.57. The number of aryl methyl sites for hydroxylation is 1. The SMILES string of the molecule is CC(=O)C1=C(C)CC2(C)CC3(C)Cc4c(-c5ccc(C(C)C)cc5)cc(C)c(C)c4C(=O)C3=C(C)C2(C)C1=O. The van der Waals surface area contributed by atoms with Crippen molar-refractivity contribution in [2.45, 2.75) is 94.4 Å². The van der Waals surface area contributed by atoms with Gasteiger partial charge in [0.1, 0.15) is 0 Å². The van der Waals surface area contributed by atoms with Gasteiger partial charge < -0.3 is 0 Å². The average Bonchev–Trinajstić information content (AvgIpc) is 2.83. The molecule has 3 aliphatic rings. The maximum absolute atomic E-state index is 14.6. The lowest BCUT2D eigenvalue weighted by atomic mass is 9.42. The molecule has 0 spiro atoms. The van der Waals surface area contributed by atoms with Crippen LogP contribution >= 0.6 is 0 Å². The summed E-state index contributed by atoms with van der Waals surface area (Å²) >= 11 is 0. The monoisotopic (exact) mass is 522 g/mol. The first kappa shape index (κ1) is 27.5. The summed E-state index contributed by atoms with van der Waals surface area (Å²) in [7, 11) is 0. The molecule has 3 atom stereocenters. The van der Waals surface area contributed by atoms with Gasteiger partial charge in [-0.25, -0.2) is 0 Å². The molecule has 39 heavy (non-hydrogen) atoms. The number of benzene rings is 2. The number of fused-ring (bicyclic) bond motifs is 3. The Morgan fingerprint density at radius 2 is 1.54 bits per heavy atom. The smallest absolute Gasteiger partial charge is 0.190 e. The third-order valence-electron chi connectivity index (χ3n) is 10.7. The Balaban J connectivity index is 1.76. The Bertz CT molecular complexity index is 1530. The van der Waals surface area contributed by atoms with Crippen molar-refractivity contribution in [3.05, 3.63) is 80.4 Å². The van der Waals surface area contributed by atoms with Crippen molar-refractivity contribution in [1.82, 2.24) is 0 Å². The van der Waals surface area contributed by atoms with E-state index in [1.165, 1.54) is 12.5 Å². The maximum atomic E-state index is 14.6. The Morgan fingerprint density at radius 1 is 0.923 bits per heavy atom. The van der Waals surface area contributed by atoms with Gasteiger partial charge in [0, 0.05) is 16.6 Å². The standard InChI is InChI=1S/C36H42O3/c1-19(2)25-11-13-26(14-12-25)27-15-20(3)22(5)30-28(27)17-34(8)18-35(9)16-21(4)29(24(7)37)33(39)36(35,10)23(6)31(34)32(30)38/h11-15,19H,16-18H2,1-10H3. The van der Waals surface area contributed by atoms with Crippen molar-refractivity contribution >= 4 is 17.3 Å². The normalized spacial score (nSPS) is 28.5.